The van der Waals surface area contributed by atoms with Gasteiger partial charge in [0, 0.05) is 18.2 Å². The van der Waals surface area contributed by atoms with E-state index in [4.69, 9.17) is 9.47 Å². The van der Waals surface area contributed by atoms with Gasteiger partial charge in [-0.3, -0.25) is 4.79 Å². The molecule has 3 rings (SSSR count). The Morgan fingerprint density at radius 1 is 1.29 bits per heavy atom. The van der Waals surface area contributed by atoms with Crippen molar-refractivity contribution in [3.05, 3.63) is 18.2 Å². The van der Waals surface area contributed by atoms with Crippen molar-refractivity contribution in [3.8, 4) is 11.5 Å². The van der Waals surface area contributed by atoms with Gasteiger partial charge in [-0.25, -0.2) is 0 Å². The van der Waals surface area contributed by atoms with Gasteiger partial charge < -0.3 is 20.1 Å². The van der Waals surface area contributed by atoms with E-state index < -0.39 is 0 Å². The number of hydrogen-bond acceptors (Lipinski definition) is 4. The zero-order valence-corrected chi connectivity index (χ0v) is 12.2. The molecule has 1 fully saturated rings. The van der Waals surface area contributed by atoms with E-state index in [-0.39, 0.29) is 5.91 Å². The summed E-state index contributed by atoms with van der Waals surface area (Å²) in [6.07, 6.45) is 3.96. The molecule has 2 heterocycles. The van der Waals surface area contributed by atoms with Crippen LogP contribution in [0.25, 0.3) is 0 Å². The number of benzene rings is 1. The minimum Gasteiger partial charge on any atom is -0.486 e. The van der Waals surface area contributed by atoms with Crippen LogP contribution in [0.2, 0.25) is 0 Å². The number of rotatable bonds is 4. The normalized spacial score (nSPS) is 20.9. The molecule has 2 N–H and O–H groups in total. The molecule has 0 saturated carbocycles. The molecule has 0 aromatic heterocycles. The molecule has 21 heavy (non-hydrogen) atoms. The first kappa shape index (κ1) is 14.2. The van der Waals surface area contributed by atoms with E-state index >= 15 is 0 Å². The van der Waals surface area contributed by atoms with Gasteiger partial charge in [-0.1, -0.05) is 0 Å². The van der Waals surface area contributed by atoms with Crippen LogP contribution in [-0.4, -0.2) is 32.2 Å². The molecule has 1 aromatic carbocycles. The molecule has 0 bridgehead atoms. The maximum atomic E-state index is 12.0. The predicted molar refractivity (Wildman–Crippen MR) is 80.9 cm³/mol. The van der Waals surface area contributed by atoms with Crippen LogP contribution < -0.4 is 20.1 Å². The third kappa shape index (κ3) is 3.88. The van der Waals surface area contributed by atoms with Gasteiger partial charge in [-0.2, -0.15) is 0 Å². The highest BCUT2D eigenvalue weighted by atomic mass is 16.6. The number of hydrogen-bond donors (Lipinski definition) is 2. The van der Waals surface area contributed by atoms with Crippen LogP contribution in [0.5, 0.6) is 11.5 Å². The zero-order chi connectivity index (χ0) is 14.5. The van der Waals surface area contributed by atoms with Gasteiger partial charge >= 0.3 is 0 Å². The maximum Gasteiger partial charge on any atom is 0.224 e. The number of amides is 1. The Morgan fingerprint density at radius 3 is 2.95 bits per heavy atom. The van der Waals surface area contributed by atoms with Gasteiger partial charge in [0.2, 0.25) is 5.91 Å². The molecular formula is C16H22N2O3. The summed E-state index contributed by atoms with van der Waals surface area (Å²) < 4.78 is 11.0. The molecule has 5 heteroatoms. The lowest BCUT2D eigenvalue weighted by Crippen LogP contribution is -2.30. The molecule has 1 atom stereocenters. The van der Waals surface area contributed by atoms with E-state index in [1.807, 2.05) is 18.2 Å². The summed E-state index contributed by atoms with van der Waals surface area (Å²) in [6.45, 7) is 3.28. The first-order valence-corrected chi connectivity index (χ1v) is 7.71. The third-order valence-electron chi connectivity index (χ3n) is 4.00. The average molecular weight is 290 g/mol. The molecule has 1 aromatic rings. The Kier molecular flexibility index (Phi) is 4.60. The van der Waals surface area contributed by atoms with Crippen molar-refractivity contribution in [2.45, 2.75) is 25.7 Å². The van der Waals surface area contributed by atoms with Crippen LogP contribution in [0.4, 0.5) is 5.69 Å². The number of fused-ring (bicyclic) bond motifs is 1. The number of piperidine rings is 1. The van der Waals surface area contributed by atoms with Crippen molar-refractivity contribution < 1.29 is 14.3 Å². The van der Waals surface area contributed by atoms with Crippen LogP contribution in [0, 0.1) is 5.92 Å². The Morgan fingerprint density at radius 2 is 2.14 bits per heavy atom. The summed E-state index contributed by atoms with van der Waals surface area (Å²) in [7, 11) is 0. The van der Waals surface area contributed by atoms with Crippen molar-refractivity contribution >= 4 is 11.6 Å². The highest BCUT2D eigenvalue weighted by Gasteiger charge is 2.16. The van der Waals surface area contributed by atoms with Crippen LogP contribution in [0.1, 0.15) is 25.7 Å². The fourth-order valence-electron chi connectivity index (χ4n) is 2.85. The van der Waals surface area contributed by atoms with Gasteiger partial charge in [0.1, 0.15) is 13.2 Å². The molecular weight excluding hydrogens is 268 g/mol. The van der Waals surface area contributed by atoms with Gasteiger partial charge in [-0.15, -0.1) is 0 Å². The second-order valence-corrected chi connectivity index (χ2v) is 5.66. The smallest absolute Gasteiger partial charge is 0.224 e. The lowest BCUT2D eigenvalue weighted by molar-refractivity contribution is -0.116. The third-order valence-corrected chi connectivity index (χ3v) is 4.00. The van der Waals surface area contributed by atoms with Crippen LogP contribution >= 0.6 is 0 Å². The molecule has 114 valence electrons. The minimum atomic E-state index is 0.0669. The quantitative estimate of drug-likeness (QED) is 0.892. The summed E-state index contributed by atoms with van der Waals surface area (Å²) in [4.78, 5) is 12.0. The molecule has 2 aliphatic heterocycles. The van der Waals surface area contributed by atoms with E-state index in [1.54, 1.807) is 0 Å². The Labute approximate surface area is 125 Å². The van der Waals surface area contributed by atoms with Crippen LogP contribution in [-0.2, 0) is 4.79 Å². The fraction of sp³-hybridized carbons (Fsp3) is 0.562. The molecule has 2 aliphatic rings. The largest absolute Gasteiger partial charge is 0.486 e. The van der Waals surface area contributed by atoms with E-state index in [2.05, 4.69) is 10.6 Å². The van der Waals surface area contributed by atoms with Crippen molar-refractivity contribution in [2.24, 2.45) is 5.92 Å². The zero-order valence-electron chi connectivity index (χ0n) is 12.2. The van der Waals surface area contributed by atoms with E-state index in [1.165, 1.54) is 12.8 Å². The standard InChI is InChI=1S/C16H22N2O3/c19-16(6-3-12-2-1-7-17-11-12)18-13-4-5-14-15(10-13)21-9-8-20-14/h4-5,10,12,17H,1-3,6-9,11H2,(H,18,19). The van der Waals surface area contributed by atoms with E-state index in [0.29, 0.717) is 31.3 Å². The van der Waals surface area contributed by atoms with Gasteiger partial charge in [-0.05, 0) is 50.4 Å². The first-order chi connectivity index (χ1) is 10.3. The maximum absolute atomic E-state index is 12.0. The monoisotopic (exact) mass is 290 g/mol. The van der Waals surface area contributed by atoms with Crippen LogP contribution in [0.15, 0.2) is 18.2 Å². The Hall–Kier alpha value is -1.75. The highest BCUT2D eigenvalue weighted by molar-refractivity contribution is 5.91. The van der Waals surface area contributed by atoms with Crippen molar-refractivity contribution in [2.75, 3.05) is 31.6 Å². The lowest BCUT2D eigenvalue weighted by atomic mass is 9.94. The van der Waals surface area contributed by atoms with E-state index in [9.17, 15) is 4.79 Å². The topological polar surface area (TPSA) is 59.6 Å². The molecule has 0 spiro atoms. The molecule has 0 aliphatic carbocycles. The SMILES string of the molecule is O=C(CCC1CCCNC1)Nc1ccc2c(c1)OCCO2. The van der Waals surface area contributed by atoms with E-state index in [0.717, 1.165) is 30.9 Å². The van der Waals surface area contributed by atoms with Gasteiger partial charge in [0.25, 0.3) is 0 Å². The first-order valence-electron chi connectivity index (χ1n) is 7.71. The predicted octanol–water partition coefficient (Wildman–Crippen LogP) is 2.18. The van der Waals surface area contributed by atoms with Crippen molar-refractivity contribution in [3.63, 3.8) is 0 Å². The number of ether oxygens (including phenoxy) is 2. The summed E-state index contributed by atoms with van der Waals surface area (Å²) >= 11 is 0. The summed E-state index contributed by atoms with van der Waals surface area (Å²) in [6, 6.07) is 5.53. The second-order valence-electron chi connectivity index (χ2n) is 5.66. The van der Waals surface area contributed by atoms with Gasteiger partial charge in [0.15, 0.2) is 11.5 Å². The summed E-state index contributed by atoms with van der Waals surface area (Å²) in [5.41, 5.74) is 0.769. The Balaban J connectivity index is 1.50. The fourth-order valence-corrected chi connectivity index (χ4v) is 2.85. The average Bonchev–Trinajstić information content (AvgIpc) is 2.54. The Bertz CT molecular complexity index is 498. The molecule has 1 amide bonds. The lowest BCUT2D eigenvalue weighted by Gasteiger charge is -2.22. The van der Waals surface area contributed by atoms with Crippen molar-refractivity contribution in [1.82, 2.24) is 5.32 Å². The molecule has 1 saturated heterocycles. The highest BCUT2D eigenvalue weighted by Crippen LogP contribution is 2.32. The number of carbonyl (C=O) groups excluding carboxylic acids is 1. The number of anilines is 1. The second kappa shape index (κ2) is 6.80. The molecule has 1 unspecified atom stereocenters. The summed E-state index contributed by atoms with van der Waals surface area (Å²) in [5.74, 6) is 2.14. The summed E-state index contributed by atoms with van der Waals surface area (Å²) in [5, 5.41) is 6.32. The number of nitrogens with one attached hydrogen (secondary N) is 2. The van der Waals surface area contributed by atoms with Crippen LogP contribution in [0.3, 0.4) is 0 Å². The van der Waals surface area contributed by atoms with Crippen molar-refractivity contribution in [1.29, 1.82) is 0 Å². The van der Waals surface area contributed by atoms with Gasteiger partial charge in [0.05, 0.1) is 0 Å². The molecule has 0 radical (unpaired) electrons. The minimum absolute atomic E-state index is 0.0669. The number of carbonyl (C=O) groups is 1. The molecule has 5 nitrogen and oxygen atoms in total.